The number of hydrogen-bond acceptors (Lipinski definition) is 4. The minimum atomic E-state index is -0.583. The summed E-state index contributed by atoms with van der Waals surface area (Å²) in [7, 11) is 3.80. The van der Waals surface area contributed by atoms with E-state index in [1.54, 1.807) is 12.3 Å². The van der Waals surface area contributed by atoms with Crippen LogP contribution in [0.2, 0.25) is 0 Å². The highest BCUT2D eigenvalue weighted by atomic mass is 16.3. The molecule has 0 bridgehead atoms. The molecule has 1 heterocycles. The zero-order valence-corrected chi connectivity index (χ0v) is 12.6. The van der Waals surface area contributed by atoms with Crippen LogP contribution in [0.4, 0.5) is 0 Å². The van der Waals surface area contributed by atoms with E-state index in [2.05, 4.69) is 10.6 Å². The SMILES string of the molecule is CN(C)C(CNC(=O)C(=O)NC1CCCC1)c1ccco1. The third-order valence-corrected chi connectivity index (χ3v) is 3.85. The van der Waals surface area contributed by atoms with Crippen LogP contribution in [0.5, 0.6) is 0 Å². The summed E-state index contributed by atoms with van der Waals surface area (Å²) in [6, 6.07) is 3.72. The number of rotatable bonds is 5. The Morgan fingerprint density at radius 2 is 2.05 bits per heavy atom. The van der Waals surface area contributed by atoms with Gasteiger partial charge < -0.3 is 15.1 Å². The number of furan rings is 1. The highest BCUT2D eigenvalue weighted by Gasteiger charge is 2.23. The Morgan fingerprint density at radius 1 is 1.33 bits per heavy atom. The van der Waals surface area contributed by atoms with Gasteiger partial charge in [0.1, 0.15) is 5.76 Å². The summed E-state index contributed by atoms with van der Waals surface area (Å²) in [4.78, 5) is 25.6. The molecule has 0 aliphatic heterocycles. The van der Waals surface area contributed by atoms with Gasteiger partial charge in [-0.1, -0.05) is 12.8 Å². The van der Waals surface area contributed by atoms with Crippen molar-refractivity contribution in [1.82, 2.24) is 15.5 Å². The van der Waals surface area contributed by atoms with Gasteiger partial charge in [0.05, 0.1) is 12.3 Å². The first-order valence-electron chi connectivity index (χ1n) is 7.36. The third kappa shape index (κ3) is 4.32. The van der Waals surface area contributed by atoms with Crippen LogP contribution in [-0.4, -0.2) is 43.4 Å². The summed E-state index contributed by atoms with van der Waals surface area (Å²) >= 11 is 0. The lowest BCUT2D eigenvalue weighted by molar-refractivity contribution is -0.139. The fourth-order valence-electron chi connectivity index (χ4n) is 2.61. The molecule has 1 aliphatic rings. The molecule has 0 spiro atoms. The maximum absolute atomic E-state index is 11.9. The minimum absolute atomic E-state index is 0.0942. The molecule has 2 amide bonds. The number of carbonyl (C=O) groups excluding carboxylic acids is 2. The van der Waals surface area contributed by atoms with E-state index in [4.69, 9.17) is 4.42 Å². The van der Waals surface area contributed by atoms with Crippen molar-refractivity contribution in [3.63, 3.8) is 0 Å². The molecule has 2 N–H and O–H groups in total. The Bertz CT molecular complexity index is 465. The molecular formula is C15H23N3O3. The maximum Gasteiger partial charge on any atom is 0.309 e. The second-order valence-electron chi connectivity index (χ2n) is 5.66. The zero-order chi connectivity index (χ0) is 15.2. The lowest BCUT2D eigenvalue weighted by atomic mass is 10.2. The van der Waals surface area contributed by atoms with E-state index < -0.39 is 11.8 Å². The normalized spacial score (nSPS) is 16.9. The van der Waals surface area contributed by atoms with Crippen molar-refractivity contribution in [3.05, 3.63) is 24.2 Å². The Hall–Kier alpha value is -1.82. The first-order chi connectivity index (χ1) is 10.1. The molecule has 1 aromatic heterocycles. The first kappa shape index (κ1) is 15.6. The van der Waals surface area contributed by atoms with Gasteiger partial charge in [0, 0.05) is 12.6 Å². The number of nitrogens with zero attached hydrogens (tertiary/aromatic N) is 1. The van der Waals surface area contributed by atoms with E-state index in [1.807, 2.05) is 25.1 Å². The molecule has 1 aromatic rings. The van der Waals surface area contributed by atoms with Crippen LogP contribution in [0.15, 0.2) is 22.8 Å². The smallest absolute Gasteiger partial charge is 0.309 e. The number of likely N-dealkylation sites (N-methyl/N-ethyl adjacent to an activating group) is 1. The van der Waals surface area contributed by atoms with Crippen molar-refractivity contribution in [1.29, 1.82) is 0 Å². The molecule has 1 unspecified atom stereocenters. The average Bonchev–Trinajstić information content (AvgIpc) is 3.11. The van der Waals surface area contributed by atoms with Crippen molar-refractivity contribution in [2.24, 2.45) is 0 Å². The molecular weight excluding hydrogens is 270 g/mol. The molecule has 1 aliphatic carbocycles. The second-order valence-corrected chi connectivity index (χ2v) is 5.66. The Labute approximate surface area is 124 Å². The van der Waals surface area contributed by atoms with Gasteiger partial charge >= 0.3 is 11.8 Å². The van der Waals surface area contributed by atoms with Crippen molar-refractivity contribution in [3.8, 4) is 0 Å². The molecule has 116 valence electrons. The van der Waals surface area contributed by atoms with Crippen LogP contribution in [0.1, 0.15) is 37.5 Å². The van der Waals surface area contributed by atoms with Gasteiger partial charge in [0.2, 0.25) is 0 Å². The van der Waals surface area contributed by atoms with Gasteiger partial charge in [0.25, 0.3) is 0 Å². The van der Waals surface area contributed by atoms with Crippen LogP contribution >= 0.6 is 0 Å². The maximum atomic E-state index is 11.9. The molecule has 6 heteroatoms. The van der Waals surface area contributed by atoms with Gasteiger partial charge in [-0.05, 0) is 39.1 Å². The van der Waals surface area contributed by atoms with E-state index in [0.29, 0.717) is 6.54 Å². The predicted octanol–water partition coefficient (Wildman–Crippen LogP) is 1.06. The fraction of sp³-hybridized carbons (Fsp3) is 0.600. The quantitative estimate of drug-likeness (QED) is 0.796. The first-order valence-corrected chi connectivity index (χ1v) is 7.36. The molecule has 21 heavy (non-hydrogen) atoms. The van der Waals surface area contributed by atoms with Gasteiger partial charge in [-0.2, -0.15) is 0 Å². The molecule has 1 saturated carbocycles. The highest BCUT2D eigenvalue weighted by molar-refractivity contribution is 6.35. The van der Waals surface area contributed by atoms with Gasteiger partial charge in [0.15, 0.2) is 0 Å². The molecule has 6 nitrogen and oxygen atoms in total. The number of amides is 2. The Kier molecular flexibility index (Phi) is 5.38. The topological polar surface area (TPSA) is 74.6 Å². The highest BCUT2D eigenvalue weighted by Crippen LogP contribution is 2.18. The molecule has 0 aromatic carbocycles. The second kappa shape index (κ2) is 7.26. The Morgan fingerprint density at radius 3 is 2.62 bits per heavy atom. The number of carbonyl (C=O) groups is 2. The van der Waals surface area contributed by atoms with Crippen molar-refractivity contribution in [2.75, 3.05) is 20.6 Å². The third-order valence-electron chi connectivity index (χ3n) is 3.85. The van der Waals surface area contributed by atoms with Crippen molar-refractivity contribution < 1.29 is 14.0 Å². The minimum Gasteiger partial charge on any atom is -0.468 e. The van der Waals surface area contributed by atoms with Crippen LogP contribution < -0.4 is 10.6 Å². The molecule has 1 atom stereocenters. The van der Waals surface area contributed by atoms with Crippen LogP contribution in [0.3, 0.4) is 0 Å². The molecule has 2 rings (SSSR count). The summed E-state index contributed by atoms with van der Waals surface area (Å²) < 4.78 is 5.36. The predicted molar refractivity (Wildman–Crippen MR) is 78.5 cm³/mol. The van der Waals surface area contributed by atoms with Crippen molar-refractivity contribution in [2.45, 2.75) is 37.8 Å². The Balaban J connectivity index is 1.82. The number of nitrogens with one attached hydrogen (secondary N) is 2. The summed E-state index contributed by atoms with van der Waals surface area (Å²) in [5.41, 5.74) is 0. The van der Waals surface area contributed by atoms with Gasteiger partial charge in [-0.25, -0.2) is 0 Å². The monoisotopic (exact) mass is 293 g/mol. The molecule has 0 saturated heterocycles. The van der Waals surface area contributed by atoms with E-state index in [1.165, 1.54) is 0 Å². The molecule has 0 radical (unpaired) electrons. The van der Waals surface area contributed by atoms with E-state index in [-0.39, 0.29) is 12.1 Å². The zero-order valence-electron chi connectivity index (χ0n) is 12.6. The lowest BCUT2D eigenvalue weighted by Crippen LogP contribution is -2.45. The molecule has 1 fully saturated rings. The van der Waals surface area contributed by atoms with E-state index >= 15 is 0 Å². The summed E-state index contributed by atoms with van der Waals surface area (Å²) in [5.74, 6) is -0.365. The summed E-state index contributed by atoms with van der Waals surface area (Å²) in [5, 5.41) is 5.45. The standard InChI is InChI=1S/C15H23N3O3/c1-18(2)12(13-8-5-9-21-13)10-16-14(19)15(20)17-11-6-3-4-7-11/h5,8-9,11-12H,3-4,6-7,10H2,1-2H3,(H,16,19)(H,17,20). The van der Waals surface area contributed by atoms with Gasteiger partial charge in [-0.3, -0.25) is 14.5 Å². The van der Waals surface area contributed by atoms with Crippen LogP contribution in [0, 0.1) is 0 Å². The number of hydrogen-bond donors (Lipinski definition) is 2. The average molecular weight is 293 g/mol. The van der Waals surface area contributed by atoms with Crippen LogP contribution in [0.25, 0.3) is 0 Å². The fourth-order valence-corrected chi connectivity index (χ4v) is 2.61. The summed E-state index contributed by atoms with van der Waals surface area (Å²) in [6.45, 7) is 0.331. The largest absolute Gasteiger partial charge is 0.468 e. The van der Waals surface area contributed by atoms with Crippen molar-refractivity contribution >= 4 is 11.8 Å². The van der Waals surface area contributed by atoms with E-state index in [9.17, 15) is 9.59 Å². The van der Waals surface area contributed by atoms with Gasteiger partial charge in [-0.15, -0.1) is 0 Å². The summed E-state index contributed by atoms with van der Waals surface area (Å²) in [6.07, 6.45) is 5.76. The lowest BCUT2D eigenvalue weighted by Gasteiger charge is -2.22. The van der Waals surface area contributed by atoms with Crippen LogP contribution in [-0.2, 0) is 9.59 Å². The van der Waals surface area contributed by atoms with E-state index in [0.717, 1.165) is 31.4 Å².